The molecule has 0 aliphatic heterocycles. The summed E-state index contributed by atoms with van der Waals surface area (Å²) in [5.74, 6) is -0.143. The van der Waals surface area contributed by atoms with Crippen molar-refractivity contribution >= 4 is 28.8 Å². The van der Waals surface area contributed by atoms with Gasteiger partial charge in [-0.15, -0.1) is 11.3 Å². The summed E-state index contributed by atoms with van der Waals surface area (Å²) in [5.41, 5.74) is 1.50. The first-order valence-corrected chi connectivity index (χ1v) is 7.97. The fourth-order valence-corrected chi connectivity index (χ4v) is 2.70. The number of rotatable bonds is 6. The number of nitrogens with zero attached hydrogens (tertiary/aromatic N) is 1. The van der Waals surface area contributed by atoms with Crippen molar-refractivity contribution < 1.29 is 9.90 Å². The first kappa shape index (κ1) is 15.9. The number of carbonyl (C=O) groups is 1. The van der Waals surface area contributed by atoms with Crippen LogP contribution in [0.25, 0.3) is 0 Å². The molecule has 0 saturated carbocycles. The average molecular weight is 325 g/mol. The van der Waals surface area contributed by atoms with Gasteiger partial charge in [-0.05, 0) is 24.1 Å². The summed E-state index contributed by atoms with van der Waals surface area (Å²) >= 11 is 7.35. The van der Waals surface area contributed by atoms with Crippen LogP contribution in [0.2, 0.25) is 5.02 Å². The van der Waals surface area contributed by atoms with Gasteiger partial charge in [0.2, 0.25) is 5.91 Å². The molecule has 21 heavy (non-hydrogen) atoms. The summed E-state index contributed by atoms with van der Waals surface area (Å²) in [6.45, 7) is 2.20. The average Bonchev–Trinajstić information content (AvgIpc) is 2.93. The number of aryl methyl sites for hydroxylation is 1. The molecule has 0 radical (unpaired) electrons. The molecule has 0 aliphatic carbocycles. The largest absolute Gasteiger partial charge is 0.387 e. The Morgan fingerprint density at radius 3 is 2.76 bits per heavy atom. The second-order valence-electron chi connectivity index (χ2n) is 4.63. The summed E-state index contributed by atoms with van der Waals surface area (Å²) in [4.78, 5) is 16.2. The topological polar surface area (TPSA) is 62.2 Å². The summed E-state index contributed by atoms with van der Waals surface area (Å²) in [6, 6.07) is 6.91. The van der Waals surface area contributed by atoms with Gasteiger partial charge in [0.05, 0.1) is 23.2 Å². The van der Waals surface area contributed by atoms with Gasteiger partial charge in [-0.3, -0.25) is 4.79 Å². The van der Waals surface area contributed by atoms with Crippen LogP contribution in [0.1, 0.15) is 29.3 Å². The van der Waals surface area contributed by atoms with Gasteiger partial charge < -0.3 is 10.4 Å². The van der Waals surface area contributed by atoms with Crippen molar-refractivity contribution in [3.05, 3.63) is 50.9 Å². The highest BCUT2D eigenvalue weighted by molar-refractivity contribution is 7.09. The minimum atomic E-state index is -0.743. The lowest BCUT2D eigenvalue weighted by atomic mass is 10.1. The molecule has 2 aromatic rings. The fraction of sp³-hybridized carbons (Fsp3) is 0.333. The van der Waals surface area contributed by atoms with Crippen LogP contribution >= 0.6 is 22.9 Å². The third kappa shape index (κ3) is 4.81. The maximum atomic E-state index is 11.8. The van der Waals surface area contributed by atoms with Crippen LogP contribution in [-0.2, 0) is 17.6 Å². The minimum absolute atomic E-state index is 0.143. The number of aliphatic hydroxyl groups is 1. The Balaban J connectivity index is 1.81. The van der Waals surface area contributed by atoms with Gasteiger partial charge in [-0.2, -0.15) is 0 Å². The molecule has 6 heteroatoms. The van der Waals surface area contributed by atoms with E-state index in [0.717, 1.165) is 22.7 Å². The maximum Gasteiger partial charge on any atom is 0.226 e. The van der Waals surface area contributed by atoms with Crippen LogP contribution in [0, 0.1) is 0 Å². The Morgan fingerprint density at radius 2 is 2.14 bits per heavy atom. The van der Waals surface area contributed by atoms with Crippen molar-refractivity contribution in [2.24, 2.45) is 0 Å². The number of nitrogens with one attached hydrogen (secondary N) is 1. The molecule has 2 rings (SSSR count). The number of carbonyl (C=O) groups excluding carboxylic acids is 1. The molecule has 1 aromatic heterocycles. The zero-order valence-electron chi connectivity index (χ0n) is 11.7. The molecule has 1 atom stereocenters. The van der Waals surface area contributed by atoms with E-state index in [9.17, 15) is 9.90 Å². The molecular weight excluding hydrogens is 308 g/mol. The lowest BCUT2D eigenvalue weighted by Crippen LogP contribution is -2.29. The number of aliphatic hydroxyl groups excluding tert-OH is 1. The minimum Gasteiger partial charge on any atom is -0.387 e. The standard InChI is InChI=1S/C15H17ClN2O2S/c1-2-15-18-12(9-21-15)7-14(20)17-8-13(19)10-3-5-11(16)6-4-10/h3-6,9,13,19H,2,7-8H2,1H3,(H,17,20). The predicted octanol–water partition coefficient (Wildman–Crippen LogP) is 2.75. The highest BCUT2D eigenvalue weighted by atomic mass is 35.5. The Labute approximate surface area is 132 Å². The number of hydrogen-bond donors (Lipinski definition) is 2. The van der Waals surface area contributed by atoms with Gasteiger partial charge in [-0.25, -0.2) is 4.98 Å². The summed E-state index contributed by atoms with van der Waals surface area (Å²) in [7, 11) is 0. The molecule has 0 saturated heterocycles. The lowest BCUT2D eigenvalue weighted by Gasteiger charge is -2.12. The normalized spacial score (nSPS) is 12.1. The Hall–Kier alpha value is -1.43. The summed E-state index contributed by atoms with van der Waals surface area (Å²) in [5, 5.41) is 16.3. The van der Waals surface area contributed by atoms with Gasteiger partial charge in [-0.1, -0.05) is 30.7 Å². The van der Waals surface area contributed by atoms with Gasteiger partial charge in [0, 0.05) is 16.9 Å². The Bertz CT molecular complexity index is 598. The molecule has 0 aliphatic rings. The Morgan fingerprint density at radius 1 is 1.43 bits per heavy atom. The molecule has 1 heterocycles. The lowest BCUT2D eigenvalue weighted by molar-refractivity contribution is -0.120. The van der Waals surface area contributed by atoms with Crippen LogP contribution in [-0.4, -0.2) is 22.5 Å². The zero-order valence-corrected chi connectivity index (χ0v) is 13.2. The van der Waals surface area contributed by atoms with Crippen molar-refractivity contribution in [3.8, 4) is 0 Å². The van der Waals surface area contributed by atoms with E-state index in [0.29, 0.717) is 5.02 Å². The fourth-order valence-electron chi connectivity index (χ4n) is 1.83. The second kappa shape index (κ2) is 7.54. The summed E-state index contributed by atoms with van der Waals surface area (Å²) < 4.78 is 0. The molecule has 1 amide bonds. The molecular formula is C15H17ClN2O2S. The third-order valence-electron chi connectivity index (χ3n) is 2.99. The van der Waals surface area contributed by atoms with Crippen LogP contribution in [0.15, 0.2) is 29.6 Å². The smallest absolute Gasteiger partial charge is 0.226 e. The van der Waals surface area contributed by atoms with Crippen molar-refractivity contribution in [1.82, 2.24) is 10.3 Å². The molecule has 0 spiro atoms. The van der Waals surface area contributed by atoms with Gasteiger partial charge in [0.15, 0.2) is 0 Å². The van der Waals surface area contributed by atoms with Gasteiger partial charge >= 0.3 is 0 Å². The van der Waals surface area contributed by atoms with E-state index < -0.39 is 6.10 Å². The van der Waals surface area contributed by atoms with Crippen LogP contribution < -0.4 is 5.32 Å². The highest BCUT2D eigenvalue weighted by Gasteiger charge is 2.11. The van der Waals surface area contributed by atoms with Crippen molar-refractivity contribution in [2.45, 2.75) is 25.9 Å². The van der Waals surface area contributed by atoms with Crippen LogP contribution in [0.4, 0.5) is 0 Å². The zero-order chi connectivity index (χ0) is 15.2. The number of thiazole rings is 1. The number of amides is 1. The number of halogens is 1. The molecule has 1 unspecified atom stereocenters. The first-order valence-electron chi connectivity index (χ1n) is 6.72. The van der Waals surface area contributed by atoms with E-state index in [1.807, 2.05) is 12.3 Å². The molecule has 112 valence electrons. The number of aromatic nitrogens is 1. The molecule has 2 N–H and O–H groups in total. The van der Waals surface area contributed by atoms with E-state index in [2.05, 4.69) is 10.3 Å². The molecule has 0 fully saturated rings. The maximum absolute atomic E-state index is 11.8. The summed E-state index contributed by atoms with van der Waals surface area (Å²) in [6.07, 6.45) is 0.374. The predicted molar refractivity (Wildman–Crippen MR) is 84.6 cm³/mol. The number of benzene rings is 1. The Kier molecular flexibility index (Phi) is 5.73. The van der Waals surface area contributed by atoms with E-state index in [1.54, 1.807) is 35.6 Å². The monoisotopic (exact) mass is 324 g/mol. The first-order chi connectivity index (χ1) is 10.1. The van der Waals surface area contributed by atoms with E-state index in [4.69, 9.17) is 11.6 Å². The second-order valence-corrected chi connectivity index (χ2v) is 6.01. The number of hydrogen-bond acceptors (Lipinski definition) is 4. The van der Waals surface area contributed by atoms with Crippen molar-refractivity contribution in [1.29, 1.82) is 0 Å². The molecule has 1 aromatic carbocycles. The van der Waals surface area contributed by atoms with Crippen LogP contribution in [0.3, 0.4) is 0 Å². The van der Waals surface area contributed by atoms with Gasteiger partial charge in [0.25, 0.3) is 0 Å². The molecule has 4 nitrogen and oxygen atoms in total. The van der Waals surface area contributed by atoms with Crippen molar-refractivity contribution in [2.75, 3.05) is 6.54 Å². The van der Waals surface area contributed by atoms with Crippen molar-refractivity contribution in [3.63, 3.8) is 0 Å². The van der Waals surface area contributed by atoms with Crippen LogP contribution in [0.5, 0.6) is 0 Å². The SMILES string of the molecule is CCc1nc(CC(=O)NCC(O)c2ccc(Cl)cc2)cs1. The van der Waals surface area contributed by atoms with E-state index in [1.165, 1.54) is 0 Å². The third-order valence-corrected chi connectivity index (χ3v) is 4.28. The van der Waals surface area contributed by atoms with Gasteiger partial charge in [0.1, 0.15) is 0 Å². The quantitative estimate of drug-likeness (QED) is 0.859. The molecule has 0 bridgehead atoms. The van der Waals surface area contributed by atoms with E-state index in [-0.39, 0.29) is 18.9 Å². The van der Waals surface area contributed by atoms with E-state index >= 15 is 0 Å². The highest BCUT2D eigenvalue weighted by Crippen LogP contribution is 2.16.